The second-order valence-electron chi connectivity index (χ2n) is 11.0. The van der Waals surface area contributed by atoms with Gasteiger partial charge in [-0.2, -0.15) is 0 Å². The summed E-state index contributed by atoms with van der Waals surface area (Å²) in [5, 5.41) is 9.31. The van der Waals surface area contributed by atoms with E-state index in [0.29, 0.717) is 44.1 Å². The number of hydrogen-bond donors (Lipinski definition) is 1. The number of ether oxygens (including phenoxy) is 2. The van der Waals surface area contributed by atoms with Crippen LogP contribution >= 0.6 is 24.0 Å². The maximum absolute atomic E-state index is 13.7. The number of thioether (sulfide) groups is 1. The van der Waals surface area contributed by atoms with Crippen LogP contribution < -0.4 is 9.47 Å². The number of aryl methyl sites for hydroxylation is 1. The fourth-order valence-corrected chi connectivity index (χ4v) is 8.58. The summed E-state index contributed by atoms with van der Waals surface area (Å²) in [6.45, 7) is 0. The minimum absolute atomic E-state index is 0.0457. The highest BCUT2D eigenvalue weighted by Gasteiger charge is 2.53. The van der Waals surface area contributed by atoms with E-state index in [0.717, 1.165) is 23.0 Å². The first-order valence-electron chi connectivity index (χ1n) is 13.2. The highest BCUT2D eigenvalue weighted by atomic mass is 32.2. The molecule has 2 aromatic rings. The van der Waals surface area contributed by atoms with E-state index in [1.54, 1.807) is 26.4 Å². The number of aliphatic carboxylic acids is 1. The van der Waals surface area contributed by atoms with Gasteiger partial charge in [0.2, 0.25) is 0 Å². The number of carbonyl (C=O) groups is 2. The normalized spacial score (nSPS) is 28.9. The van der Waals surface area contributed by atoms with Crippen LogP contribution in [0.25, 0.3) is 17.4 Å². The number of carbonyl (C=O) groups excluding carboxylic acids is 1. The van der Waals surface area contributed by atoms with Crippen molar-refractivity contribution in [2.45, 2.75) is 51.0 Å². The van der Waals surface area contributed by atoms with Gasteiger partial charge in [-0.3, -0.25) is 14.5 Å². The maximum Gasteiger partial charge on any atom is 0.303 e. The minimum atomic E-state index is -0.894. The summed E-state index contributed by atoms with van der Waals surface area (Å²) in [5.74, 6) is 4.01. The number of nitrogens with zero attached hydrogens (tertiary/aromatic N) is 1. The van der Waals surface area contributed by atoms with Gasteiger partial charge >= 0.3 is 5.97 Å². The van der Waals surface area contributed by atoms with Crippen LogP contribution in [-0.4, -0.2) is 46.5 Å². The van der Waals surface area contributed by atoms with Gasteiger partial charge in [0.1, 0.15) is 27.3 Å². The molecule has 1 saturated heterocycles. The number of furan rings is 1. The molecule has 38 heavy (non-hydrogen) atoms. The Morgan fingerprint density at radius 2 is 1.71 bits per heavy atom. The Hall–Kier alpha value is -2.78. The predicted octanol–water partition coefficient (Wildman–Crippen LogP) is 6.01. The number of carboxylic acids is 1. The van der Waals surface area contributed by atoms with Crippen LogP contribution in [0.2, 0.25) is 0 Å². The van der Waals surface area contributed by atoms with Crippen molar-refractivity contribution in [3.63, 3.8) is 0 Å². The molecule has 2 heterocycles. The summed E-state index contributed by atoms with van der Waals surface area (Å²) in [5.41, 5.74) is 1.46. The molecule has 5 aliphatic rings. The van der Waals surface area contributed by atoms with E-state index < -0.39 is 5.97 Å². The van der Waals surface area contributed by atoms with Crippen molar-refractivity contribution in [3.05, 3.63) is 40.5 Å². The summed E-state index contributed by atoms with van der Waals surface area (Å²) in [6, 6.07) is 7.47. The zero-order valence-corrected chi connectivity index (χ0v) is 23.1. The van der Waals surface area contributed by atoms with Gasteiger partial charge in [-0.1, -0.05) is 24.0 Å². The van der Waals surface area contributed by atoms with Gasteiger partial charge in [0.25, 0.3) is 5.91 Å². The van der Waals surface area contributed by atoms with Gasteiger partial charge in [-0.05, 0) is 86.0 Å². The monoisotopic (exact) mass is 553 g/mol. The Morgan fingerprint density at radius 3 is 2.29 bits per heavy atom. The van der Waals surface area contributed by atoms with Gasteiger partial charge in [-0.25, -0.2) is 0 Å². The van der Waals surface area contributed by atoms with Crippen molar-refractivity contribution in [3.8, 4) is 22.8 Å². The summed E-state index contributed by atoms with van der Waals surface area (Å²) in [6.07, 6.45) is 8.16. The first-order chi connectivity index (χ1) is 18.3. The Kier molecular flexibility index (Phi) is 6.76. The Labute approximate surface area is 231 Å². The first kappa shape index (κ1) is 25.5. The molecule has 5 fully saturated rings. The molecule has 7 rings (SSSR count). The van der Waals surface area contributed by atoms with Gasteiger partial charge in [0, 0.05) is 30.2 Å². The van der Waals surface area contributed by atoms with Crippen LogP contribution in [-0.2, 0) is 16.0 Å². The lowest BCUT2D eigenvalue weighted by atomic mass is 9.54. The molecule has 1 aliphatic heterocycles. The summed E-state index contributed by atoms with van der Waals surface area (Å²) in [4.78, 5) is 27.5. The van der Waals surface area contributed by atoms with Crippen LogP contribution in [0.3, 0.4) is 0 Å². The Bertz CT molecular complexity index is 1280. The fraction of sp³-hybridized carbons (Fsp3) is 0.483. The van der Waals surface area contributed by atoms with E-state index >= 15 is 0 Å². The topological polar surface area (TPSA) is 89.2 Å². The number of benzene rings is 1. The molecule has 4 saturated carbocycles. The van der Waals surface area contributed by atoms with Crippen LogP contribution in [0.5, 0.6) is 11.5 Å². The average Bonchev–Trinajstić information content (AvgIpc) is 3.42. The van der Waals surface area contributed by atoms with Crippen LogP contribution in [0.1, 0.15) is 49.8 Å². The van der Waals surface area contributed by atoms with E-state index in [2.05, 4.69) is 0 Å². The predicted molar refractivity (Wildman–Crippen MR) is 149 cm³/mol. The van der Waals surface area contributed by atoms with E-state index in [9.17, 15) is 14.7 Å². The molecule has 0 radical (unpaired) electrons. The van der Waals surface area contributed by atoms with Crippen molar-refractivity contribution in [1.82, 2.24) is 4.90 Å². The number of methoxy groups -OCH3 is 2. The largest absolute Gasteiger partial charge is 0.497 e. The van der Waals surface area contributed by atoms with Gasteiger partial charge < -0.3 is 19.0 Å². The molecule has 9 heteroatoms. The summed E-state index contributed by atoms with van der Waals surface area (Å²) in [7, 11) is 3.16. The maximum atomic E-state index is 13.7. The SMILES string of the molecule is COc1cc(OC)cc(-c2cc(CCC(=O)O)c(C=C3SC(=S)N(C4C5CC6CC(C5)CC4C6)C3=O)o2)c1. The number of amides is 1. The first-order valence-corrected chi connectivity index (χ1v) is 14.4. The molecular weight excluding hydrogens is 522 g/mol. The smallest absolute Gasteiger partial charge is 0.303 e. The number of rotatable bonds is 8. The molecule has 1 aromatic heterocycles. The molecule has 4 aliphatic carbocycles. The van der Waals surface area contributed by atoms with E-state index in [1.807, 2.05) is 23.1 Å². The van der Waals surface area contributed by atoms with Gasteiger partial charge in [-0.15, -0.1) is 0 Å². The molecule has 0 spiro atoms. The lowest BCUT2D eigenvalue weighted by Crippen LogP contribution is -2.57. The van der Waals surface area contributed by atoms with Crippen molar-refractivity contribution in [2.24, 2.45) is 23.7 Å². The number of hydrogen-bond acceptors (Lipinski definition) is 7. The quantitative estimate of drug-likeness (QED) is 0.314. The second kappa shape index (κ2) is 10.1. The van der Waals surface area contributed by atoms with E-state index in [-0.39, 0.29) is 24.8 Å². The van der Waals surface area contributed by atoms with Crippen LogP contribution in [0.4, 0.5) is 0 Å². The zero-order chi connectivity index (χ0) is 26.6. The highest BCUT2D eigenvalue weighted by Crippen LogP contribution is 2.56. The highest BCUT2D eigenvalue weighted by molar-refractivity contribution is 8.26. The fourth-order valence-electron chi connectivity index (χ4n) is 7.27. The second-order valence-corrected chi connectivity index (χ2v) is 12.6. The molecule has 200 valence electrons. The van der Waals surface area contributed by atoms with Crippen LogP contribution in [0.15, 0.2) is 33.6 Å². The molecular formula is C29H31NO6S2. The summed E-state index contributed by atoms with van der Waals surface area (Å²) >= 11 is 7.08. The zero-order valence-electron chi connectivity index (χ0n) is 21.5. The minimum Gasteiger partial charge on any atom is -0.497 e. The molecule has 0 atom stereocenters. The van der Waals surface area contributed by atoms with E-state index in [1.165, 1.54) is 43.9 Å². The molecule has 1 amide bonds. The third-order valence-electron chi connectivity index (χ3n) is 8.65. The molecule has 1 N–H and O–H groups in total. The third kappa shape index (κ3) is 4.64. The van der Waals surface area contributed by atoms with Gasteiger partial charge in [0.15, 0.2) is 0 Å². The van der Waals surface area contributed by atoms with E-state index in [4.69, 9.17) is 26.1 Å². The van der Waals surface area contributed by atoms with Crippen molar-refractivity contribution in [1.29, 1.82) is 0 Å². The summed E-state index contributed by atoms with van der Waals surface area (Å²) < 4.78 is 17.7. The van der Waals surface area contributed by atoms with Crippen LogP contribution in [0, 0.1) is 23.7 Å². The van der Waals surface area contributed by atoms with Crippen molar-refractivity contribution < 1.29 is 28.6 Å². The molecule has 7 nitrogen and oxygen atoms in total. The number of thiocarbonyl (C=S) groups is 1. The van der Waals surface area contributed by atoms with Crippen molar-refractivity contribution >= 4 is 46.3 Å². The number of carboxylic acid groups (broad SMARTS) is 1. The molecule has 4 bridgehead atoms. The Balaban J connectivity index is 1.32. The van der Waals surface area contributed by atoms with Gasteiger partial charge in [0.05, 0.1) is 19.1 Å². The van der Waals surface area contributed by atoms with Crippen molar-refractivity contribution in [2.75, 3.05) is 14.2 Å². The third-order valence-corrected chi connectivity index (χ3v) is 9.98. The molecule has 1 aromatic carbocycles. The Morgan fingerprint density at radius 1 is 1.08 bits per heavy atom. The lowest BCUT2D eigenvalue weighted by molar-refractivity contribution is -0.137. The molecule has 0 unspecified atom stereocenters. The lowest BCUT2D eigenvalue weighted by Gasteiger charge is -2.56. The average molecular weight is 554 g/mol. The standard InChI is InChI=1S/C29H31NO6S2/c1-34-21-10-18(11-22(13-21)35-2)23-12-17(3-4-26(31)32)24(36-23)14-25-28(33)30(29(37)38-25)27-19-6-15-5-16(8-19)9-20(27)7-15/h10-16,19-20,27H,3-9H2,1-2H3,(H,31,32).